The molecule has 1 heterocycles. The third kappa shape index (κ3) is 3.55. The molecule has 1 N–H and O–H groups in total. The topological polar surface area (TPSA) is 34.0 Å². The second-order valence-corrected chi connectivity index (χ2v) is 5.28. The summed E-state index contributed by atoms with van der Waals surface area (Å²) in [6.45, 7) is 2.45. The van der Waals surface area contributed by atoms with Crippen LogP contribution in [0.25, 0.3) is 0 Å². The van der Waals surface area contributed by atoms with E-state index in [1.54, 1.807) is 16.8 Å². The highest BCUT2D eigenvalue weighted by Gasteiger charge is 2.41. The summed E-state index contributed by atoms with van der Waals surface area (Å²) in [6.07, 6.45) is -0.980. The van der Waals surface area contributed by atoms with Crippen LogP contribution in [0.15, 0.2) is 23.1 Å². The van der Waals surface area contributed by atoms with Gasteiger partial charge in [0.05, 0.1) is 11.6 Å². The molecular formula is C14H19F3N2O. The maximum Gasteiger partial charge on any atom is 0.391 e. The average molecular weight is 288 g/mol. The lowest BCUT2D eigenvalue weighted by Crippen LogP contribution is -2.33. The Morgan fingerprint density at radius 2 is 1.90 bits per heavy atom. The first-order chi connectivity index (χ1) is 9.40. The van der Waals surface area contributed by atoms with Gasteiger partial charge in [0.25, 0.3) is 5.56 Å². The zero-order valence-corrected chi connectivity index (χ0v) is 11.4. The summed E-state index contributed by atoms with van der Waals surface area (Å²) in [6, 6.07) is 3.22. The molecule has 1 fully saturated rings. The number of pyridine rings is 1. The molecule has 0 atom stereocenters. The molecule has 0 radical (unpaired) electrons. The van der Waals surface area contributed by atoms with E-state index in [0.29, 0.717) is 19.4 Å². The molecule has 1 saturated carbocycles. The minimum absolute atomic E-state index is 0.0522. The number of aromatic nitrogens is 1. The van der Waals surface area contributed by atoms with Crippen LogP contribution >= 0.6 is 0 Å². The second-order valence-electron chi connectivity index (χ2n) is 5.28. The van der Waals surface area contributed by atoms with Gasteiger partial charge in [-0.25, -0.2) is 0 Å². The molecule has 0 saturated heterocycles. The van der Waals surface area contributed by atoms with Crippen molar-refractivity contribution in [1.29, 1.82) is 0 Å². The first-order valence-corrected chi connectivity index (χ1v) is 6.94. The van der Waals surface area contributed by atoms with Crippen molar-refractivity contribution in [2.75, 3.05) is 5.32 Å². The largest absolute Gasteiger partial charge is 0.391 e. The van der Waals surface area contributed by atoms with Gasteiger partial charge in [-0.1, -0.05) is 0 Å². The van der Waals surface area contributed by atoms with Crippen molar-refractivity contribution in [1.82, 2.24) is 4.57 Å². The predicted octanol–water partition coefficient (Wildman–Crippen LogP) is 3.40. The van der Waals surface area contributed by atoms with Crippen molar-refractivity contribution in [3.63, 3.8) is 0 Å². The third-order valence-corrected chi connectivity index (χ3v) is 3.89. The SMILES string of the molecule is CCn1cc(NC2CCC(C(F)(F)F)CC2)ccc1=O. The Morgan fingerprint density at radius 1 is 1.25 bits per heavy atom. The van der Waals surface area contributed by atoms with Crippen molar-refractivity contribution in [2.45, 2.75) is 51.4 Å². The van der Waals surface area contributed by atoms with E-state index in [1.165, 1.54) is 6.07 Å². The summed E-state index contributed by atoms with van der Waals surface area (Å²) in [4.78, 5) is 11.5. The van der Waals surface area contributed by atoms with Gasteiger partial charge in [-0.05, 0) is 38.7 Å². The minimum Gasteiger partial charge on any atom is -0.381 e. The van der Waals surface area contributed by atoms with Crippen LogP contribution in [0.3, 0.4) is 0 Å². The maximum absolute atomic E-state index is 12.6. The maximum atomic E-state index is 12.6. The number of anilines is 1. The predicted molar refractivity (Wildman–Crippen MR) is 71.8 cm³/mol. The molecule has 112 valence electrons. The van der Waals surface area contributed by atoms with Gasteiger partial charge in [-0.15, -0.1) is 0 Å². The third-order valence-electron chi connectivity index (χ3n) is 3.89. The van der Waals surface area contributed by atoms with Crippen LogP contribution in [0.2, 0.25) is 0 Å². The molecule has 0 spiro atoms. The monoisotopic (exact) mass is 288 g/mol. The molecule has 0 aliphatic heterocycles. The van der Waals surface area contributed by atoms with Gasteiger partial charge in [0.2, 0.25) is 0 Å². The van der Waals surface area contributed by atoms with Crippen LogP contribution in [0.4, 0.5) is 18.9 Å². The van der Waals surface area contributed by atoms with Gasteiger partial charge in [0.15, 0.2) is 0 Å². The molecule has 3 nitrogen and oxygen atoms in total. The molecule has 2 rings (SSSR count). The Morgan fingerprint density at radius 3 is 2.45 bits per heavy atom. The molecule has 1 aliphatic carbocycles. The normalized spacial score (nSPS) is 23.6. The van der Waals surface area contributed by atoms with Crippen LogP contribution in [-0.4, -0.2) is 16.8 Å². The lowest BCUT2D eigenvalue weighted by atomic mass is 9.85. The molecule has 0 amide bonds. The van der Waals surface area contributed by atoms with Crippen molar-refractivity contribution in [3.8, 4) is 0 Å². The molecule has 1 aromatic rings. The number of hydrogen-bond acceptors (Lipinski definition) is 2. The summed E-state index contributed by atoms with van der Waals surface area (Å²) in [5.41, 5.74) is 0.723. The number of hydrogen-bond donors (Lipinski definition) is 1. The lowest BCUT2D eigenvalue weighted by Gasteiger charge is -2.30. The zero-order chi connectivity index (χ0) is 14.8. The zero-order valence-electron chi connectivity index (χ0n) is 11.4. The van der Waals surface area contributed by atoms with Crippen molar-refractivity contribution in [3.05, 3.63) is 28.7 Å². The molecule has 1 aliphatic rings. The van der Waals surface area contributed by atoms with E-state index in [1.807, 2.05) is 6.92 Å². The summed E-state index contributed by atoms with van der Waals surface area (Å²) in [7, 11) is 0. The van der Waals surface area contributed by atoms with Crippen molar-refractivity contribution in [2.24, 2.45) is 5.92 Å². The molecule has 20 heavy (non-hydrogen) atoms. The van der Waals surface area contributed by atoms with Crippen molar-refractivity contribution < 1.29 is 13.2 Å². The number of nitrogens with zero attached hydrogens (tertiary/aromatic N) is 1. The first kappa shape index (κ1) is 14.9. The van der Waals surface area contributed by atoms with Gasteiger partial charge in [-0.3, -0.25) is 4.79 Å². The average Bonchev–Trinajstić information content (AvgIpc) is 2.40. The van der Waals surface area contributed by atoms with E-state index in [9.17, 15) is 18.0 Å². The van der Waals surface area contributed by atoms with Gasteiger partial charge in [0.1, 0.15) is 0 Å². The van der Waals surface area contributed by atoms with E-state index in [0.717, 1.165) is 5.69 Å². The minimum atomic E-state index is -4.07. The highest BCUT2D eigenvalue weighted by molar-refractivity contribution is 5.41. The number of nitrogens with one attached hydrogen (secondary N) is 1. The van der Waals surface area contributed by atoms with Gasteiger partial charge in [0, 0.05) is 24.8 Å². The summed E-state index contributed by atoms with van der Waals surface area (Å²) < 4.78 is 39.3. The Labute approximate surface area is 115 Å². The smallest absolute Gasteiger partial charge is 0.381 e. The fourth-order valence-electron chi connectivity index (χ4n) is 2.66. The van der Waals surface area contributed by atoms with Crippen LogP contribution in [0.5, 0.6) is 0 Å². The number of halogens is 3. The quantitative estimate of drug-likeness (QED) is 0.925. The van der Waals surface area contributed by atoms with Crippen LogP contribution in [0.1, 0.15) is 32.6 Å². The summed E-state index contributed by atoms with van der Waals surface area (Å²) in [5, 5.41) is 3.23. The summed E-state index contributed by atoms with van der Waals surface area (Å²) >= 11 is 0. The first-order valence-electron chi connectivity index (χ1n) is 6.94. The number of aryl methyl sites for hydroxylation is 1. The molecule has 0 aromatic carbocycles. The Bertz CT molecular complexity index is 502. The molecular weight excluding hydrogens is 269 g/mol. The molecule has 0 bridgehead atoms. The second kappa shape index (κ2) is 5.89. The van der Waals surface area contributed by atoms with Gasteiger partial charge in [-0.2, -0.15) is 13.2 Å². The fourth-order valence-corrected chi connectivity index (χ4v) is 2.66. The Kier molecular flexibility index (Phi) is 4.40. The van der Waals surface area contributed by atoms with E-state index >= 15 is 0 Å². The van der Waals surface area contributed by atoms with Gasteiger partial charge < -0.3 is 9.88 Å². The number of alkyl halides is 3. The summed E-state index contributed by atoms with van der Waals surface area (Å²) in [5.74, 6) is -1.16. The van der Waals surface area contributed by atoms with Crippen LogP contribution in [0, 0.1) is 5.92 Å². The van der Waals surface area contributed by atoms with E-state index < -0.39 is 12.1 Å². The van der Waals surface area contributed by atoms with Crippen LogP contribution in [-0.2, 0) is 6.54 Å². The van der Waals surface area contributed by atoms with E-state index in [-0.39, 0.29) is 24.4 Å². The van der Waals surface area contributed by atoms with Crippen LogP contribution < -0.4 is 10.9 Å². The van der Waals surface area contributed by atoms with E-state index in [2.05, 4.69) is 5.32 Å². The Balaban J connectivity index is 1.94. The van der Waals surface area contributed by atoms with Gasteiger partial charge >= 0.3 is 6.18 Å². The highest BCUT2D eigenvalue weighted by Crippen LogP contribution is 2.38. The fraction of sp³-hybridized carbons (Fsp3) is 0.643. The number of rotatable bonds is 3. The molecule has 0 unspecified atom stereocenters. The molecule has 6 heteroatoms. The molecule has 1 aromatic heterocycles. The lowest BCUT2D eigenvalue weighted by molar-refractivity contribution is -0.182. The standard InChI is InChI=1S/C14H19F3N2O/c1-2-19-9-12(7-8-13(19)20)18-11-5-3-10(4-6-11)14(15,16)17/h7-11,18H,2-6H2,1H3. The Hall–Kier alpha value is -1.46. The van der Waals surface area contributed by atoms with Crippen molar-refractivity contribution >= 4 is 5.69 Å². The highest BCUT2D eigenvalue weighted by atomic mass is 19.4. The van der Waals surface area contributed by atoms with E-state index in [4.69, 9.17) is 0 Å².